The summed E-state index contributed by atoms with van der Waals surface area (Å²) < 4.78 is 11.4. The molecular weight excluding hydrogens is 451 g/mol. The third-order valence-electron chi connectivity index (χ3n) is 6.32. The van der Waals surface area contributed by atoms with Crippen molar-refractivity contribution < 1.29 is 19.1 Å². The van der Waals surface area contributed by atoms with E-state index in [2.05, 4.69) is 17.3 Å². The van der Waals surface area contributed by atoms with Crippen molar-refractivity contribution >= 4 is 41.2 Å². The van der Waals surface area contributed by atoms with E-state index < -0.39 is 0 Å². The first-order valence-corrected chi connectivity index (χ1v) is 11.1. The maximum atomic E-state index is 12.9. The smallest absolute Gasteiger partial charge is 0.254 e. The number of nitrogens with zero attached hydrogens (tertiary/aromatic N) is 2. The first-order valence-electron chi connectivity index (χ1n) is 10.3. The van der Waals surface area contributed by atoms with Gasteiger partial charge in [-0.25, -0.2) is 0 Å². The van der Waals surface area contributed by atoms with Crippen LogP contribution in [0, 0.1) is 23.7 Å². The highest BCUT2D eigenvalue weighted by Crippen LogP contribution is 2.52. The minimum absolute atomic E-state index is 0.131. The van der Waals surface area contributed by atoms with Crippen LogP contribution in [0.3, 0.4) is 0 Å². The second-order valence-electron chi connectivity index (χ2n) is 8.17. The molecule has 1 saturated carbocycles. The summed E-state index contributed by atoms with van der Waals surface area (Å²) in [7, 11) is 1.51. The molecule has 2 fully saturated rings. The van der Waals surface area contributed by atoms with Gasteiger partial charge in [-0.2, -0.15) is 10.1 Å². The van der Waals surface area contributed by atoms with Gasteiger partial charge in [0.15, 0.2) is 11.5 Å². The van der Waals surface area contributed by atoms with Crippen molar-refractivity contribution in [3.63, 3.8) is 0 Å². The zero-order valence-corrected chi connectivity index (χ0v) is 18.7. The molecular formula is C24H20Cl2N2O4. The summed E-state index contributed by atoms with van der Waals surface area (Å²) in [6.07, 6.45) is 6.40. The Bertz CT molecular complexity index is 1120. The fraction of sp³-hybridized carbons (Fsp3) is 0.292. The SMILES string of the molecule is COc1cc(Cl)cc(C=NN2C(=O)[C@@H]3[C@H](C2=O)[C@H]2C=C[C@H]3C2)c1OCc1ccc(Cl)cc1. The Morgan fingerprint density at radius 1 is 1.03 bits per heavy atom. The molecule has 2 aromatic carbocycles. The standard InChI is InChI=1S/C24H20Cl2N2O4/c1-31-19-10-18(26)9-16(22(19)32-12-13-2-6-17(25)7-3-13)11-27-28-23(29)20-14-4-5-15(8-14)21(20)24(28)30/h2-7,9-11,14-15,20-21H,8,12H2,1H3/t14-,15-,20-,21+/m0/s1. The van der Waals surface area contributed by atoms with Crippen LogP contribution in [0.15, 0.2) is 53.7 Å². The van der Waals surface area contributed by atoms with E-state index in [9.17, 15) is 9.59 Å². The highest BCUT2D eigenvalue weighted by Gasteiger charge is 2.59. The lowest BCUT2D eigenvalue weighted by Crippen LogP contribution is -2.28. The number of benzene rings is 2. The minimum Gasteiger partial charge on any atom is -0.493 e. The second-order valence-corrected chi connectivity index (χ2v) is 9.05. The number of carbonyl (C=O) groups excluding carboxylic acids is 2. The molecule has 164 valence electrons. The predicted molar refractivity (Wildman–Crippen MR) is 121 cm³/mol. The number of fused-ring (bicyclic) bond motifs is 5. The zero-order chi connectivity index (χ0) is 22.4. The fourth-order valence-corrected chi connectivity index (χ4v) is 5.19. The fourth-order valence-electron chi connectivity index (χ4n) is 4.85. The van der Waals surface area contributed by atoms with Gasteiger partial charge in [-0.1, -0.05) is 47.5 Å². The number of rotatable bonds is 6. The van der Waals surface area contributed by atoms with Gasteiger partial charge in [0.25, 0.3) is 11.8 Å². The van der Waals surface area contributed by atoms with Crippen LogP contribution in [0.5, 0.6) is 11.5 Å². The average Bonchev–Trinajstić information content (AvgIpc) is 3.46. The van der Waals surface area contributed by atoms with E-state index in [1.807, 2.05) is 12.1 Å². The molecule has 2 aliphatic carbocycles. The maximum absolute atomic E-state index is 12.9. The van der Waals surface area contributed by atoms with Crippen LogP contribution in [-0.4, -0.2) is 30.1 Å². The highest BCUT2D eigenvalue weighted by molar-refractivity contribution is 6.31. The van der Waals surface area contributed by atoms with Crippen LogP contribution in [0.1, 0.15) is 17.5 Å². The lowest BCUT2D eigenvalue weighted by molar-refractivity contribution is -0.140. The van der Waals surface area contributed by atoms with Gasteiger partial charge < -0.3 is 9.47 Å². The topological polar surface area (TPSA) is 68.2 Å². The lowest BCUT2D eigenvalue weighted by Gasteiger charge is -2.15. The van der Waals surface area contributed by atoms with Crippen LogP contribution < -0.4 is 9.47 Å². The molecule has 8 heteroatoms. The number of carbonyl (C=O) groups is 2. The van der Waals surface area contributed by atoms with Crippen LogP contribution in [0.2, 0.25) is 10.0 Å². The summed E-state index contributed by atoms with van der Waals surface area (Å²) in [6, 6.07) is 10.6. The number of hydrogen-bond donors (Lipinski definition) is 0. The molecule has 0 radical (unpaired) electrons. The van der Waals surface area contributed by atoms with Gasteiger partial charge in [0, 0.05) is 21.7 Å². The number of amides is 2. The third kappa shape index (κ3) is 3.57. The van der Waals surface area contributed by atoms with E-state index in [4.69, 9.17) is 32.7 Å². The Balaban J connectivity index is 1.41. The van der Waals surface area contributed by atoms with Gasteiger partial charge in [-0.3, -0.25) is 9.59 Å². The van der Waals surface area contributed by atoms with E-state index in [0.29, 0.717) is 27.1 Å². The monoisotopic (exact) mass is 470 g/mol. The van der Waals surface area contributed by atoms with E-state index in [1.165, 1.54) is 13.3 Å². The Labute approximate surface area is 195 Å². The largest absolute Gasteiger partial charge is 0.493 e. The van der Waals surface area contributed by atoms with Crippen molar-refractivity contribution in [1.82, 2.24) is 5.01 Å². The van der Waals surface area contributed by atoms with Gasteiger partial charge in [0.2, 0.25) is 0 Å². The molecule has 6 nitrogen and oxygen atoms in total. The normalized spacial score (nSPS) is 25.8. The highest BCUT2D eigenvalue weighted by atomic mass is 35.5. The summed E-state index contributed by atoms with van der Waals surface area (Å²) in [5.74, 6) is 0.00453. The number of halogens is 2. The van der Waals surface area contributed by atoms with Crippen LogP contribution in [0.4, 0.5) is 0 Å². The molecule has 0 aromatic heterocycles. The van der Waals surface area contributed by atoms with Crippen LogP contribution in [0.25, 0.3) is 0 Å². The van der Waals surface area contributed by atoms with Crippen molar-refractivity contribution in [3.05, 3.63) is 69.7 Å². The van der Waals surface area contributed by atoms with E-state index in [1.54, 1.807) is 24.3 Å². The number of imide groups is 1. The summed E-state index contributed by atoms with van der Waals surface area (Å²) in [5.41, 5.74) is 1.41. The molecule has 0 unspecified atom stereocenters. The van der Waals surface area contributed by atoms with E-state index in [-0.39, 0.29) is 42.1 Å². The Hall–Kier alpha value is -2.83. The number of allylic oxidation sites excluding steroid dienone is 2. The maximum Gasteiger partial charge on any atom is 0.254 e. The molecule has 5 rings (SSSR count). The summed E-state index contributed by atoms with van der Waals surface area (Å²) in [6.45, 7) is 0.261. The molecule has 2 aromatic rings. The van der Waals surface area contributed by atoms with E-state index >= 15 is 0 Å². The molecule has 1 aliphatic heterocycles. The first kappa shape index (κ1) is 21.0. The number of hydrazone groups is 1. The Kier molecular flexibility index (Phi) is 5.43. The molecule has 3 aliphatic rings. The molecule has 0 spiro atoms. The molecule has 1 saturated heterocycles. The quantitative estimate of drug-likeness (QED) is 0.347. The Morgan fingerprint density at radius 2 is 1.69 bits per heavy atom. The van der Waals surface area contributed by atoms with Crippen molar-refractivity contribution in [2.75, 3.05) is 7.11 Å². The Morgan fingerprint density at radius 3 is 2.31 bits per heavy atom. The van der Waals surface area contributed by atoms with Crippen LogP contribution in [-0.2, 0) is 16.2 Å². The summed E-state index contributed by atoms with van der Waals surface area (Å²) in [4.78, 5) is 25.8. The second kappa shape index (κ2) is 8.26. The third-order valence-corrected chi connectivity index (χ3v) is 6.79. The lowest BCUT2D eigenvalue weighted by atomic mass is 9.85. The zero-order valence-electron chi connectivity index (χ0n) is 17.2. The molecule has 0 N–H and O–H groups in total. The summed E-state index contributed by atoms with van der Waals surface area (Å²) in [5, 5.41) is 6.30. The molecule has 2 amide bonds. The van der Waals surface area contributed by atoms with Gasteiger partial charge in [-0.05, 0) is 42.0 Å². The molecule has 32 heavy (non-hydrogen) atoms. The van der Waals surface area contributed by atoms with Gasteiger partial charge >= 0.3 is 0 Å². The van der Waals surface area contributed by atoms with Crippen molar-refractivity contribution in [3.8, 4) is 11.5 Å². The van der Waals surface area contributed by atoms with Crippen molar-refractivity contribution in [1.29, 1.82) is 0 Å². The van der Waals surface area contributed by atoms with Gasteiger partial charge in [0.05, 0.1) is 25.2 Å². The number of ether oxygens (including phenoxy) is 2. The number of hydrogen-bond acceptors (Lipinski definition) is 5. The predicted octanol–water partition coefficient (Wildman–Crippen LogP) is 4.72. The average molecular weight is 471 g/mol. The van der Waals surface area contributed by atoms with Crippen LogP contribution >= 0.6 is 23.2 Å². The number of methoxy groups -OCH3 is 1. The molecule has 4 atom stereocenters. The molecule has 1 heterocycles. The van der Waals surface area contributed by atoms with Crippen molar-refractivity contribution in [2.45, 2.75) is 13.0 Å². The van der Waals surface area contributed by atoms with Gasteiger partial charge in [-0.15, -0.1) is 0 Å². The van der Waals surface area contributed by atoms with E-state index in [0.717, 1.165) is 17.0 Å². The first-order chi connectivity index (χ1) is 15.5. The van der Waals surface area contributed by atoms with Gasteiger partial charge in [0.1, 0.15) is 6.61 Å². The minimum atomic E-state index is -0.302. The molecule has 2 bridgehead atoms. The summed E-state index contributed by atoms with van der Waals surface area (Å²) >= 11 is 12.2. The van der Waals surface area contributed by atoms with Crippen molar-refractivity contribution in [2.24, 2.45) is 28.8 Å².